The van der Waals surface area contributed by atoms with E-state index in [4.69, 9.17) is 11.1 Å². The Balaban J connectivity index is 1.72. The quantitative estimate of drug-likeness (QED) is 0.342. The molecule has 5 N–H and O–H groups in total. The number of halogens is 5. The zero-order valence-corrected chi connectivity index (χ0v) is 17.1. The summed E-state index contributed by atoms with van der Waals surface area (Å²) in [5, 5.41) is 14.6. The van der Waals surface area contributed by atoms with Crippen LogP contribution in [0.3, 0.4) is 0 Å². The van der Waals surface area contributed by atoms with Crippen LogP contribution in [0, 0.1) is 23.2 Å². The van der Waals surface area contributed by atoms with Crippen molar-refractivity contribution in [1.29, 1.82) is 5.41 Å². The number of aromatic nitrogens is 1. The van der Waals surface area contributed by atoms with E-state index < -0.39 is 24.4 Å². The summed E-state index contributed by atoms with van der Waals surface area (Å²) in [5.74, 6) is -0.251. The van der Waals surface area contributed by atoms with Gasteiger partial charge in [0, 0.05) is 35.5 Å². The topological polar surface area (TPSA) is 96.1 Å². The minimum absolute atomic E-state index is 0.0278. The largest absolute Gasteiger partial charge is 0.573 e. The molecule has 3 rings (SSSR count). The van der Waals surface area contributed by atoms with Crippen LogP contribution in [-0.2, 0) is 0 Å². The summed E-state index contributed by atoms with van der Waals surface area (Å²) in [7, 11) is 0. The van der Waals surface area contributed by atoms with Crippen molar-refractivity contribution in [3.8, 4) is 5.75 Å². The Labute approximate surface area is 176 Å². The normalized spacial score (nSPS) is 25.6. The Morgan fingerprint density at radius 3 is 2.52 bits per heavy atom. The number of nitrogen functional groups attached to an aromatic ring is 1. The van der Waals surface area contributed by atoms with Crippen LogP contribution in [0.15, 0.2) is 24.0 Å². The standard InChI is InChI=1S/C20H26F5N5O/c1-9(2)30-15(18-12-4-11(5-13(12)18)28-8-17(21)22)6-14(26)10-3-16(19(27)29-7-10)31-20(23,24)25/h3,6-7,9,11-13,17-18,26,28,30H,4-5,8H2,1-2H3,(H2,27,29)/b15-6-,26-14?/t11-,12+,13-,18-. The van der Waals surface area contributed by atoms with Gasteiger partial charge in [0.1, 0.15) is 0 Å². The minimum atomic E-state index is -4.92. The molecule has 1 aromatic rings. The molecule has 1 heterocycles. The third kappa shape index (κ3) is 6.05. The molecule has 0 radical (unpaired) electrons. The van der Waals surface area contributed by atoms with Gasteiger partial charge in [-0.1, -0.05) is 0 Å². The average Bonchev–Trinajstić information content (AvgIpc) is 3.14. The number of ether oxygens (including phenoxy) is 1. The molecule has 6 nitrogen and oxygen atoms in total. The number of pyridine rings is 1. The lowest BCUT2D eigenvalue weighted by Gasteiger charge is -2.20. The summed E-state index contributed by atoms with van der Waals surface area (Å²) >= 11 is 0. The number of hydrogen-bond acceptors (Lipinski definition) is 6. The van der Waals surface area contributed by atoms with Crippen molar-refractivity contribution in [3.63, 3.8) is 0 Å². The van der Waals surface area contributed by atoms with Gasteiger partial charge in [-0.25, -0.2) is 13.8 Å². The van der Waals surface area contributed by atoms with E-state index in [1.165, 1.54) is 6.20 Å². The molecule has 172 valence electrons. The molecule has 31 heavy (non-hydrogen) atoms. The number of allylic oxidation sites excluding steroid dienone is 2. The highest BCUT2D eigenvalue weighted by Crippen LogP contribution is 2.60. The summed E-state index contributed by atoms with van der Waals surface area (Å²) < 4.78 is 66.4. The van der Waals surface area contributed by atoms with Gasteiger partial charge in [0.2, 0.25) is 0 Å². The van der Waals surface area contributed by atoms with Crippen molar-refractivity contribution in [2.45, 2.75) is 51.6 Å². The summed E-state index contributed by atoms with van der Waals surface area (Å²) in [5.41, 5.74) is 6.38. The predicted molar refractivity (Wildman–Crippen MR) is 106 cm³/mol. The highest BCUT2D eigenvalue weighted by molar-refractivity contribution is 6.07. The van der Waals surface area contributed by atoms with Gasteiger partial charge in [0.15, 0.2) is 11.6 Å². The molecule has 0 spiro atoms. The second-order valence-corrected chi connectivity index (χ2v) is 8.29. The molecule has 2 aliphatic carbocycles. The average molecular weight is 447 g/mol. The smallest absolute Gasteiger partial charge is 0.402 e. The highest BCUT2D eigenvalue weighted by atomic mass is 19.4. The van der Waals surface area contributed by atoms with Crippen LogP contribution in [-0.4, -0.2) is 42.1 Å². The van der Waals surface area contributed by atoms with Crippen molar-refractivity contribution in [2.24, 2.45) is 17.8 Å². The van der Waals surface area contributed by atoms with E-state index >= 15 is 0 Å². The van der Waals surface area contributed by atoms with Gasteiger partial charge in [0.25, 0.3) is 6.43 Å². The maximum atomic E-state index is 12.6. The van der Waals surface area contributed by atoms with Crippen LogP contribution in [0.1, 0.15) is 32.3 Å². The van der Waals surface area contributed by atoms with Crippen molar-refractivity contribution in [2.75, 3.05) is 12.3 Å². The maximum Gasteiger partial charge on any atom is 0.573 e. The number of nitrogens with two attached hydrogens (primary N) is 1. The minimum Gasteiger partial charge on any atom is -0.402 e. The van der Waals surface area contributed by atoms with Crippen molar-refractivity contribution in [3.05, 3.63) is 29.6 Å². The molecule has 4 atom stereocenters. The number of hydrogen-bond donors (Lipinski definition) is 4. The number of nitrogens with zero attached hydrogens (tertiary/aromatic N) is 1. The lowest BCUT2D eigenvalue weighted by Crippen LogP contribution is -2.33. The van der Waals surface area contributed by atoms with Crippen molar-refractivity contribution in [1.82, 2.24) is 15.6 Å². The van der Waals surface area contributed by atoms with Gasteiger partial charge in [-0.2, -0.15) is 0 Å². The van der Waals surface area contributed by atoms with E-state index in [0.29, 0.717) is 11.8 Å². The Kier molecular flexibility index (Phi) is 6.73. The first-order valence-corrected chi connectivity index (χ1v) is 10.0. The molecule has 2 fully saturated rings. The zero-order valence-electron chi connectivity index (χ0n) is 17.1. The molecule has 2 saturated carbocycles. The summed E-state index contributed by atoms with van der Waals surface area (Å²) in [4.78, 5) is 3.71. The number of nitrogens with one attached hydrogen (secondary N) is 3. The monoisotopic (exact) mass is 447 g/mol. The zero-order chi connectivity index (χ0) is 22.9. The van der Waals surface area contributed by atoms with Crippen LogP contribution in [0.5, 0.6) is 5.75 Å². The van der Waals surface area contributed by atoms with E-state index in [2.05, 4.69) is 20.4 Å². The summed E-state index contributed by atoms with van der Waals surface area (Å²) in [6.45, 7) is 3.57. The summed E-state index contributed by atoms with van der Waals surface area (Å²) in [6, 6.07) is 1.19. The van der Waals surface area contributed by atoms with E-state index in [9.17, 15) is 22.0 Å². The number of rotatable bonds is 9. The van der Waals surface area contributed by atoms with Gasteiger partial charge < -0.3 is 26.5 Å². The Bertz CT molecular complexity index is 830. The SMILES string of the molecule is CC(C)N/C(=C\C(=N)c1cnc(N)c(OC(F)(F)F)c1)[C@H]1[C@@H]2C[C@H](NCC(F)F)C[C@@H]21. The first-order chi connectivity index (χ1) is 14.4. The molecule has 0 unspecified atom stereocenters. The molecule has 1 aromatic heterocycles. The van der Waals surface area contributed by atoms with Gasteiger partial charge in [-0.05, 0) is 50.7 Å². The lowest BCUT2D eigenvalue weighted by molar-refractivity contribution is -0.274. The van der Waals surface area contributed by atoms with Crippen LogP contribution in [0.25, 0.3) is 0 Å². The molecular formula is C20H26F5N5O. The molecule has 0 bridgehead atoms. The molecule has 0 aliphatic heterocycles. The Hall–Kier alpha value is -2.43. The summed E-state index contributed by atoms with van der Waals surface area (Å²) in [6.07, 6.45) is -2.93. The van der Waals surface area contributed by atoms with Crippen LogP contribution >= 0.6 is 0 Å². The Morgan fingerprint density at radius 2 is 1.97 bits per heavy atom. The van der Waals surface area contributed by atoms with Crippen LogP contribution in [0.2, 0.25) is 0 Å². The van der Waals surface area contributed by atoms with Gasteiger partial charge in [-0.15, -0.1) is 13.2 Å². The van der Waals surface area contributed by atoms with E-state index in [0.717, 1.165) is 24.6 Å². The van der Waals surface area contributed by atoms with Gasteiger partial charge in [0.05, 0.1) is 12.3 Å². The Morgan fingerprint density at radius 1 is 1.32 bits per heavy atom. The van der Waals surface area contributed by atoms with E-state index in [1.54, 1.807) is 6.08 Å². The van der Waals surface area contributed by atoms with Gasteiger partial charge >= 0.3 is 6.36 Å². The fourth-order valence-corrected chi connectivity index (χ4v) is 4.34. The second-order valence-electron chi connectivity index (χ2n) is 8.29. The molecule has 2 aliphatic rings. The number of anilines is 1. The predicted octanol–water partition coefficient (Wildman–Crippen LogP) is 3.69. The van der Waals surface area contributed by atoms with E-state index in [-0.39, 0.29) is 35.8 Å². The lowest BCUT2D eigenvalue weighted by atomic mass is 10.0. The third-order valence-electron chi connectivity index (χ3n) is 5.54. The first kappa shape index (κ1) is 23.2. The van der Waals surface area contributed by atoms with Crippen LogP contribution < -0.4 is 21.1 Å². The fraction of sp³-hybridized carbons (Fsp3) is 0.600. The van der Waals surface area contributed by atoms with Crippen molar-refractivity contribution < 1.29 is 26.7 Å². The third-order valence-corrected chi connectivity index (χ3v) is 5.54. The van der Waals surface area contributed by atoms with Crippen molar-refractivity contribution >= 4 is 11.5 Å². The molecule has 11 heteroatoms. The second kappa shape index (κ2) is 8.97. The number of alkyl halides is 5. The van der Waals surface area contributed by atoms with Crippen LogP contribution in [0.4, 0.5) is 27.8 Å². The fourth-order valence-electron chi connectivity index (χ4n) is 4.34. The number of fused-ring (bicyclic) bond motifs is 1. The maximum absolute atomic E-state index is 12.6. The molecule has 0 saturated heterocycles. The first-order valence-electron chi connectivity index (χ1n) is 10.0. The molecule has 0 aromatic carbocycles. The van der Waals surface area contributed by atoms with Gasteiger partial charge in [-0.3, -0.25) is 0 Å². The molecule has 0 amide bonds. The molecular weight excluding hydrogens is 421 g/mol. The van der Waals surface area contributed by atoms with E-state index in [1.807, 2.05) is 13.8 Å². The highest BCUT2D eigenvalue weighted by Gasteiger charge is 2.57.